The zero-order valence-corrected chi connectivity index (χ0v) is 14.4. The maximum atomic E-state index is 11.9. The van der Waals surface area contributed by atoms with Crippen molar-refractivity contribution in [2.24, 2.45) is 0 Å². The lowest BCUT2D eigenvalue weighted by Gasteiger charge is -2.07. The molecule has 0 aromatic heterocycles. The number of carbonyl (C=O) groups excluding carboxylic acids is 1. The SMILES string of the molecule is Cc1ccc(CC(=O)NCCSc2ccc(Cl)cc2)cc1C. The number of nitrogens with one attached hydrogen (secondary N) is 1. The molecule has 2 aromatic rings. The lowest BCUT2D eigenvalue weighted by Crippen LogP contribution is -2.27. The first-order valence-electron chi connectivity index (χ1n) is 7.26. The molecule has 2 aromatic carbocycles. The van der Waals surface area contributed by atoms with E-state index in [0.29, 0.717) is 13.0 Å². The van der Waals surface area contributed by atoms with Gasteiger partial charge < -0.3 is 5.32 Å². The Labute approximate surface area is 141 Å². The molecule has 2 rings (SSSR count). The van der Waals surface area contributed by atoms with Crippen LogP contribution in [0.15, 0.2) is 47.4 Å². The van der Waals surface area contributed by atoms with Crippen molar-refractivity contribution in [1.29, 1.82) is 0 Å². The van der Waals surface area contributed by atoms with Crippen molar-refractivity contribution in [3.63, 3.8) is 0 Å². The first-order chi connectivity index (χ1) is 10.5. The number of halogens is 1. The number of thioether (sulfide) groups is 1. The lowest BCUT2D eigenvalue weighted by molar-refractivity contribution is -0.120. The minimum Gasteiger partial charge on any atom is -0.355 e. The summed E-state index contributed by atoms with van der Waals surface area (Å²) in [6, 6.07) is 13.9. The van der Waals surface area contributed by atoms with Gasteiger partial charge >= 0.3 is 0 Å². The van der Waals surface area contributed by atoms with Crippen molar-refractivity contribution in [3.05, 3.63) is 64.2 Å². The van der Waals surface area contributed by atoms with Crippen LogP contribution in [-0.4, -0.2) is 18.2 Å². The van der Waals surface area contributed by atoms with Gasteiger partial charge in [-0.3, -0.25) is 4.79 Å². The normalized spacial score (nSPS) is 10.5. The summed E-state index contributed by atoms with van der Waals surface area (Å²) in [5, 5.41) is 3.70. The summed E-state index contributed by atoms with van der Waals surface area (Å²) >= 11 is 7.55. The van der Waals surface area contributed by atoms with Crippen molar-refractivity contribution in [2.45, 2.75) is 25.2 Å². The highest BCUT2D eigenvalue weighted by atomic mass is 35.5. The number of hydrogen-bond donors (Lipinski definition) is 1. The summed E-state index contributed by atoms with van der Waals surface area (Å²) in [7, 11) is 0. The molecule has 0 unspecified atom stereocenters. The zero-order valence-electron chi connectivity index (χ0n) is 12.9. The van der Waals surface area contributed by atoms with Crippen LogP contribution in [-0.2, 0) is 11.2 Å². The van der Waals surface area contributed by atoms with Crippen LogP contribution in [0.25, 0.3) is 0 Å². The molecule has 0 radical (unpaired) electrons. The fraction of sp³-hybridized carbons (Fsp3) is 0.278. The van der Waals surface area contributed by atoms with E-state index >= 15 is 0 Å². The van der Waals surface area contributed by atoms with Crippen molar-refractivity contribution < 1.29 is 4.79 Å². The van der Waals surface area contributed by atoms with Gasteiger partial charge in [-0.05, 0) is 54.8 Å². The van der Waals surface area contributed by atoms with Crippen molar-refractivity contribution in [1.82, 2.24) is 5.32 Å². The number of aryl methyl sites for hydroxylation is 2. The molecule has 0 aliphatic heterocycles. The van der Waals surface area contributed by atoms with Crippen LogP contribution in [0.5, 0.6) is 0 Å². The van der Waals surface area contributed by atoms with Crippen LogP contribution in [0.2, 0.25) is 5.02 Å². The molecular formula is C18H20ClNOS. The quantitative estimate of drug-likeness (QED) is 0.626. The number of rotatable bonds is 6. The van der Waals surface area contributed by atoms with Crippen molar-refractivity contribution in [2.75, 3.05) is 12.3 Å². The van der Waals surface area contributed by atoms with Gasteiger partial charge in [0.1, 0.15) is 0 Å². The molecule has 0 aliphatic rings. The minimum absolute atomic E-state index is 0.0694. The van der Waals surface area contributed by atoms with E-state index < -0.39 is 0 Å². The zero-order chi connectivity index (χ0) is 15.9. The fourth-order valence-electron chi connectivity index (χ4n) is 2.05. The van der Waals surface area contributed by atoms with Gasteiger partial charge in [-0.25, -0.2) is 0 Å². The van der Waals surface area contributed by atoms with E-state index in [9.17, 15) is 4.79 Å². The lowest BCUT2D eigenvalue weighted by atomic mass is 10.0. The Morgan fingerprint density at radius 2 is 1.82 bits per heavy atom. The van der Waals surface area contributed by atoms with Crippen LogP contribution in [0.1, 0.15) is 16.7 Å². The van der Waals surface area contributed by atoms with Gasteiger partial charge in [0.15, 0.2) is 0 Å². The van der Waals surface area contributed by atoms with Gasteiger partial charge in [0.05, 0.1) is 6.42 Å². The third-order valence-corrected chi connectivity index (χ3v) is 4.71. The molecule has 0 fully saturated rings. The average molecular weight is 334 g/mol. The van der Waals surface area contributed by atoms with E-state index in [-0.39, 0.29) is 5.91 Å². The van der Waals surface area contributed by atoms with Crippen LogP contribution >= 0.6 is 23.4 Å². The molecule has 22 heavy (non-hydrogen) atoms. The third kappa shape index (κ3) is 5.39. The number of hydrogen-bond acceptors (Lipinski definition) is 2. The topological polar surface area (TPSA) is 29.1 Å². The molecular weight excluding hydrogens is 314 g/mol. The Morgan fingerprint density at radius 3 is 2.50 bits per heavy atom. The Morgan fingerprint density at radius 1 is 1.09 bits per heavy atom. The molecule has 1 N–H and O–H groups in total. The first-order valence-corrected chi connectivity index (χ1v) is 8.62. The molecule has 0 spiro atoms. The predicted octanol–water partition coefficient (Wildman–Crippen LogP) is 4.41. The van der Waals surface area contributed by atoms with Crippen LogP contribution in [0.4, 0.5) is 0 Å². The maximum Gasteiger partial charge on any atom is 0.224 e. The van der Waals surface area contributed by atoms with E-state index in [1.807, 2.05) is 30.3 Å². The third-order valence-electron chi connectivity index (χ3n) is 3.44. The number of carbonyl (C=O) groups is 1. The van der Waals surface area contributed by atoms with Gasteiger partial charge in [0.25, 0.3) is 0 Å². The molecule has 116 valence electrons. The molecule has 0 atom stereocenters. The Balaban J connectivity index is 1.71. The van der Waals surface area contributed by atoms with E-state index in [0.717, 1.165) is 21.2 Å². The number of benzene rings is 2. The van der Waals surface area contributed by atoms with Crippen molar-refractivity contribution in [3.8, 4) is 0 Å². The fourth-order valence-corrected chi connectivity index (χ4v) is 2.95. The first kappa shape index (κ1) is 16.9. The van der Waals surface area contributed by atoms with E-state index in [1.54, 1.807) is 11.8 Å². The molecule has 0 saturated carbocycles. The molecule has 4 heteroatoms. The summed E-state index contributed by atoms with van der Waals surface area (Å²) in [6.07, 6.45) is 0.437. The standard InChI is InChI=1S/C18H20ClNOS/c1-13-3-4-15(11-14(13)2)12-18(21)20-9-10-22-17-7-5-16(19)6-8-17/h3-8,11H,9-10,12H2,1-2H3,(H,20,21). The second kappa shape index (κ2) is 8.25. The van der Waals surface area contributed by atoms with E-state index in [2.05, 4.69) is 31.3 Å². The van der Waals surface area contributed by atoms with Crippen molar-refractivity contribution >= 4 is 29.3 Å². The molecule has 0 aliphatic carbocycles. The van der Waals surface area contributed by atoms with Gasteiger partial charge in [-0.15, -0.1) is 11.8 Å². The van der Waals surface area contributed by atoms with Gasteiger partial charge in [0, 0.05) is 22.2 Å². The number of amides is 1. The van der Waals surface area contributed by atoms with Crippen LogP contribution in [0, 0.1) is 13.8 Å². The largest absolute Gasteiger partial charge is 0.355 e. The van der Waals surface area contributed by atoms with E-state index in [1.165, 1.54) is 11.1 Å². The summed E-state index contributed by atoms with van der Waals surface area (Å²) in [6.45, 7) is 4.81. The molecule has 0 heterocycles. The Hall–Kier alpha value is -1.45. The summed E-state index contributed by atoms with van der Waals surface area (Å²) in [5.41, 5.74) is 3.54. The summed E-state index contributed by atoms with van der Waals surface area (Å²) in [4.78, 5) is 13.1. The highest BCUT2D eigenvalue weighted by Crippen LogP contribution is 2.19. The average Bonchev–Trinajstić information content (AvgIpc) is 2.49. The molecule has 2 nitrogen and oxygen atoms in total. The second-order valence-corrected chi connectivity index (χ2v) is 6.85. The smallest absolute Gasteiger partial charge is 0.224 e. The van der Waals surface area contributed by atoms with Crippen LogP contribution in [0.3, 0.4) is 0 Å². The monoisotopic (exact) mass is 333 g/mol. The van der Waals surface area contributed by atoms with Crippen LogP contribution < -0.4 is 5.32 Å². The maximum absolute atomic E-state index is 11.9. The van der Waals surface area contributed by atoms with E-state index in [4.69, 9.17) is 11.6 Å². The van der Waals surface area contributed by atoms with Gasteiger partial charge in [-0.2, -0.15) is 0 Å². The highest BCUT2D eigenvalue weighted by molar-refractivity contribution is 7.99. The molecule has 0 saturated heterocycles. The predicted molar refractivity (Wildman–Crippen MR) is 94.8 cm³/mol. The van der Waals surface area contributed by atoms with Gasteiger partial charge in [0.2, 0.25) is 5.91 Å². The molecule has 0 bridgehead atoms. The summed E-state index contributed by atoms with van der Waals surface area (Å²) < 4.78 is 0. The highest BCUT2D eigenvalue weighted by Gasteiger charge is 2.04. The molecule has 1 amide bonds. The second-order valence-electron chi connectivity index (χ2n) is 5.25. The Kier molecular flexibility index (Phi) is 6.34. The minimum atomic E-state index is 0.0694. The van der Waals surface area contributed by atoms with Gasteiger partial charge in [-0.1, -0.05) is 29.8 Å². The summed E-state index contributed by atoms with van der Waals surface area (Å²) in [5.74, 6) is 0.917. The Bertz CT molecular complexity index is 640.